The summed E-state index contributed by atoms with van der Waals surface area (Å²) in [6, 6.07) is -2.53. The van der Waals surface area contributed by atoms with E-state index in [1.165, 1.54) is 14.2 Å². The lowest BCUT2D eigenvalue weighted by Gasteiger charge is -2.41. The highest BCUT2D eigenvalue weighted by Gasteiger charge is 2.53. The van der Waals surface area contributed by atoms with E-state index < -0.39 is 53.9 Å². The molecular formula is C36H62N4O9. The van der Waals surface area contributed by atoms with Crippen molar-refractivity contribution in [1.29, 1.82) is 0 Å². The summed E-state index contributed by atoms with van der Waals surface area (Å²) >= 11 is 0. The Morgan fingerprint density at radius 2 is 1.65 bits per heavy atom. The molecule has 13 heteroatoms. The second-order valence-electron chi connectivity index (χ2n) is 15.7. The molecule has 10 atom stereocenters. The van der Waals surface area contributed by atoms with Gasteiger partial charge in [0.05, 0.1) is 36.6 Å². The van der Waals surface area contributed by atoms with Crippen LogP contribution in [0.1, 0.15) is 100 Å². The van der Waals surface area contributed by atoms with Gasteiger partial charge in [-0.15, -0.1) is 0 Å². The molecule has 0 aromatic heterocycles. The lowest BCUT2D eigenvalue weighted by molar-refractivity contribution is -0.152. The van der Waals surface area contributed by atoms with Gasteiger partial charge in [0.15, 0.2) is 0 Å². The van der Waals surface area contributed by atoms with E-state index in [0.29, 0.717) is 19.4 Å². The molecule has 6 unspecified atom stereocenters. The van der Waals surface area contributed by atoms with E-state index in [1.54, 1.807) is 49.4 Å². The van der Waals surface area contributed by atoms with Crippen LogP contribution in [-0.4, -0.2) is 125 Å². The first-order valence-corrected chi connectivity index (χ1v) is 18.0. The van der Waals surface area contributed by atoms with Crippen molar-refractivity contribution in [1.82, 2.24) is 20.0 Å². The number of rotatable bonds is 15. The van der Waals surface area contributed by atoms with E-state index in [2.05, 4.69) is 5.32 Å². The first-order valence-electron chi connectivity index (χ1n) is 18.0. The van der Waals surface area contributed by atoms with E-state index in [0.717, 1.165) is 25.7 Å². The number of carboxylic acids is 1. The molecule has 4 amide bonds. The van der Waals surface area contributed by atoms with Crippen LogP contribution in [0.2, 0.25) is 0 Å². The second-order valence-corrected chi connectivity index (χ2v) is 15.7. The molecular weight excluding hydrogens is 632 g/mol. The Balaban J connectivity index is 1.81. The van der Waals surface area contributed by atoms with Gasteiger partial charge >= 0.3 is 12.1 Å². The fraction of sp³-hybridized carbons (Fsp3) is 0.861. The van der Waals surface area contributed by atoms with Crippen molar-refractivity contribution in [3.8, 4) is 0 Å². The first-order chi connectivity index (χ1) is 22.9. The van der Waals surface area contributed by atoms with E-state index in [4.69, 9.17) is 14.2 Å². The molecule has 3 fully saturated rings. The highest BCUT2D eigenvalue weighted by molar-refractivity contribution is 5.92. The standard InChI is InChI=1S/C36H62N4O9/c1-12-21(4)29(26(47-10)19-27(41)39-17-13-14-25(39)31(48-11)22(5)34(44)45)38(9)33(43)28(20(2)3)37-32(42)30-23-15-16-24(18-23)40(30)35(46)49-36(6,7)8/h20-26,28-31H,12-19H2,1-11H3,(H,37,42)(H,44,45)/t21?,22?,23-,24+,25-,26?,28?,29?,30-,31?/m0/s1. The number of piperidine rings is 1. The van der Waals surface area contributed by atoms with Crippen LogP contribution in [0.3, 0.4) is 0 Å². The van der Waals surface area contributed by atoms with E-state index in [9.17, 15) is 29.1 Å². The summed E-state index contributed by atoms with van der Waals surface area (Å²) in [5.41, 5.74) is -0.707. The smallest absolute Gasteiger partial charge is 0.411 e. The van der Waals surface area contributed by atoms with Crippen LogP contribution in [0.15, 0.2) is 0 Å². The summed E-state index contributed by atoms with van der Waals surface area (Å²) < 4.78 is 17.2. The third-order valence-corrected chi connectivity index (χ3v) is 10.9. The third kappa shape index (κ3) is 9.25. The number of methoxy groups -OCH3 is 2. The number of aliphatic carboxylic acids is 1. The Bertz CT molecular complexity index is 1190. The van der Waals surface area contributed by atoms with Crippen molar-refractivity contribution in [3.05, 3.63) is 0 Å². The van der Waals surface area contributed by atoms with Gasteiger partial charge in [-0.05, 0) is 77.6 Å². The average molecular weight is 695 g/mol. The maximum Gasteiger partial charge on any atom is 0.411 e. The summed E-state index contributed by atoms with van der Waals surface area (Å²) in [6.45, 7) is 15.2. The van der Waals surface area contributed by atoms with Crippen LogP contribution < -0.4 is 5.32 Å². The number of fused-ring (bicyclic) bond motifs is 2. The molecule has 1 aliphatic carbocycles. The van der Waals surface area contributed by atoms with Crippen molar-refractivity contribution >= 4 is 29.8 Å². The minimum atomic E-state index is -0.984. The molecule has 13 nitrogen and oxygen atoms in total. The Labute approximate surface area is 292 Å². The number of hydrogen-bond donors (Lipinski definition) is 2. The molecule has 0 spiro atoms. The lowest BCUT2D eigenvalue weighted by atomic mass is 9.89. The maximum atomic E-state index is 14.3. The number of carboxylic acid groups (broad SMARTS) is 1. The normalized spacial score (nSPS) is 25.8. The number of ether oxygens (including phenoxy) is 3. The fourth-order valence-electron chi connectivity index (χ4n) is 8.17. The Kier molecular flexibility index (Phi) is 13.9. The van der Waals surface area contributed by atoms with Crippen molar-refractivity contribution in [3.63, 3.8) is 0 Å². The molecule has 1 saturated carbocycles. The topological polar surface area (TPSA) is 155 Å². The largest absolute Gasteiger partial charge is 0.481 e. The zero-order valence-electron chi connectivity index (χ0n) is 31.6. The van der Waals surface area contributed by atoms with Gasteiger partial charge in [-0.2, -0.15) is 0 Å². The number of likely N-dealkylation sites (tertiary alicyclic amines) is 2. The third-order valence-electron chi connectivity index (χ3n) is 10.9. The number of nitrogens with one attached hydrogen (secondary N) is 1. The monoisotopic (exact) mass is 694 g/mol. The molecule has 280 valence electrons. The Morgan fingerprint density at radius 1 is 1.00 bits per heavy atom. The first kappa shape index (κ1) is 40.5. The van der Waals surface area contributed by atoms with Gasteiger partial charge in [0.2, 0.25) is 17.7 Å². The van der Waals surface area contributed by atoms with Gasteiger partial charge in [0, 0.05) is 33.9 Å². The minimum Gasteiger partial charge on any atom is -0.481 e. The molecule has 3 rings (SSSR count). The zero-order chi connectivity index (χ0) is 37.0. The maximum absolute atomic E-state index is 14.3. The number of carbonyl (C=O) groups excluding carboxylic acids is 4. The quantitative estimate of drug-likeness (QED) is 0.260. The van der Waals surface area contributed by atoms with Gasteiger partial charge in [-0.1, -0.05) is 34.1 Å². The molecule has 0 aromatic carbocycles. The Morgan fingerprint density at radius 3 is 2.18 bits per heavy atom. The summed E-state index contributed by atoms with van der Waals surface area (Å²) in [6.07, 6.45) is 2.63. The van der Waals surface area contributed by atoms with Crippen molar-refractivity contribution in [2.45, 2.75) is 148 Å². The van der Waals surface area contributed by atoms with Crippen LogP contribution in [0.4, 0.5) is 4.79 Å². The number of amides is 4. The van der Waals surface area contributed by atoms with Crippen molar-refractivity contribution in [2.24, 2.45) is 23.7 Å². The molecule has 2 N–H and O–H groups in total. The SMILES string of the molecule is CCC(C)C(C(CC(=O)N1CCC[C@H]1C(OC)C(C)C(=O)O)OC)N(C)C(=O)C(NC(=O)[C@@H]1[C@H]2CC[C@H](C2)N1C(=O)OC(C)(C)C)C(C)C. The molecule has 0 radical (unpaired) electrons. The van der Waals surface area contributed by atoms with Crippen molar-refractivity contribution in [2.75, 3.05) is 27.8 Å². The van der Waals surface area contributed by atoms with Gasteiger partial charge in [-0.3, -0.25) is 24.1 Å². The van der Waals surface area contributed by atoms with Gasteiger partial charge in [0.1, 0.15) is 17.7 Å². The van der Waals surface area contributed by atoms with Crippen LogP contribution in [0.25, 0.3) is 0 Å². The van der Waals surface area contributed by atoms with Gasteiger partial charge in [-0.25, -0.2) is 4.79 Å². The van der Waals surface area contributed by atoms with Crippen LogP contribution in [-0.2, 0) is 33.4 Å². The molecule has 49 heavy (non-hydrogen) atoms. The van der Waals surface area contributed by atoms with Gasteiger partial charge in [0.25, 0.3) is 0 Å². The van der Waals surface area contributed by atoms with Crippen LogP contribution >= 0.6 is 0 Å². The van der Waals surface area contributed by atoms with E-state index in [1.807, 2.05) is 27.7 Å². The predicted octanol–water partition coefficient (Wildman–Crippen LogP) is 3.92. The summed E-state index contributed by atoms with van der Waals surface area (Å²) in [7, 11) is 4.69. The number of likely N-dealkylation sites (N-methyl/N-ethyl adjacent to an activating group) is 1. The fourth-order valence-corrected chi connectivity index (χ4v) is 8.17. The number of hydrogen-bond acceptors (Lipinski definition) is 8. The van der Waals surface area contributed by atoms with E-state index in [-0.39, 0.29) is 54.0 Å². The summed E-state index contributed by atoms with van der Waals surface area (Å²) in [5.74, 6) is -2.95. The van der Waals surface area contributed by atoms with Gasteiger partial charge < -0.3 is 34.4 Å². The zero-order valence-corrected chi connectivity index (χ0v) is 31.6. The van der Waals surface area contributed by atoms with Crippen LogP contribution in [0.5, 0.6) is 0 Å². The lowest BCUT2D eigenvalue weighted by Crippen LogP contribution is -2.61. The summed E-state index contributed by atoms with van der Waals surface area (Å²) in [4.78, 5) is 72.0. The Hall–Kier alpha value is -2.93. The number of carbonyl (C=O) groups is 5. The van der Waals surface area contributed by atoms with Crippen LogP contribution in [0, 0.1) is 23.7 Å². The molecule has 3 aliphatic rings. The molecule has 0 aromatic rings. The highest BCUT2D eigenvalue weighted by atomic mass is 16.6. The van der Waals surface area contributed by atoms with E-state index >= 15 is 0 Å². The predicted molar refractivity (Wildman–Crippen MR) is 184 cm³/mol. The minimum absolute atomic E-state index is 0.000476. The van der Waals surface area contributed by atoms with Crippen molar-refractivity contribution < 1.29 is 43.3 Å². The molecule has 2 aliphatic heterocycles. The highest BCUT2D eigenvalue weighted by Crippen LogP contribution is 2.43. The molecule has 2 bridgehead atoms. The average Bonchev–Trinajstić information content (AvgIpc) is 3.79. The number of nitrogens with zero attached hydrogens (tertiary/aromatic N) is 3. The molecule has 2 heterocycles. The second kappa shape index (κ2) is 16.9. The molecule has 2 saturated heterocycles. The summed E-state index contributed by atoms with van der Waals surface area (Å²) in [5, 5.41) is 12.7.